The third-order valence-corrected chi connectivity index (χ3v) is 4.47. The van der Waals surface area contributed by atoms with E-state index in [1.54, 1.807) is 12.1 Å². The van der Waals surface area contributed by atoms with Gasteiger partial charge in [-0.05, 0) is 31.4 Å². The van der Waals surface area contributed by atoms with Crippen LogP contribution in [0.3, 0.4) is 0 Å². The number of nitrogens with one attached hydrogen (secondary N) is 1. The number of halogens is 3. The summed E-state index contributed by atoms with van der Waals surface area (Å²) in [6, 6.07) is 5.29. The summed E-state index contributed by atoms with van der Waals surface area (Å²) in [4.78, 5) is 4.45. The molecule has 0 amide bonds. The highest BCUT2D eigenvalue weighted by molar-refractivity contribution is 14.0. The highest BCUT2D eigenvalue weighted by Crippen LogP contribution is 2.47. The molecule has 116 valence electrons. The second-order valence-corrected chi connectivity index (χ2v) is 6.09. The number of aliphatic imine (C=N–C) groups is 1. The summed E-state index contributed by atoms with van der Waals surface area (Å²) in [7, 11) is 0. The molecule has 1 aromatic carbocycles. The minimum absolute atomic E-state index is 0. The fraction of sp³-hybridized carbons (Fsp3) is 0.533. The van der Waals surface area contributed by atoms with E-state index in [1.165, 1.54) is 18.9 Å². The smallest absolute Gasteiger partial charge is 0.189 e. The van der Waals surface area contributed by atoms with Crippen molar-refractivity contribution < 1.29 is 4.39 Å². The van der Waals surface area contributed by atoms with Crippen LogP contribution in [0.2, 0.25) is 5.02 Å². The van der Waals surface area contributed by atoms with Crippen molar-refractivity contribution in [3.8, 4) is 0 Å². The largest absolute Gasteiger partial charge is 0.370 e. The summed E-state index contributed by atoms with van der Waals surface area (Å²) < 4.78 is 13.8. The van der Waals surface area contributed by atoms with Gasteiger partial charge in [0.25, 0.3) is 0 Å². The van der Waals surface area contributed by atoms with Gasteiger partial charge in [0.15, 0.2) is 5.96 Å². The Labute approximate surface area is 146 Å². The maximum atomic E-state index is 13.8. The van der Waals surface area contributed by atoms with Gasteiger partial charge in [-0.25, -0.2) is 9.38 Å². The number of nitrogens with two attached hydrogens (primary N) is 1. The lowest BCUT2D eigenvalue weighted by Crippen LogP contribution is -2.38. The normalized spacial score (nSPS) is 25.5. The van der Waals surface area contributed by atoms with Crippen molar-refractivity contribution in [2.45, 2.75) is 50.1 Å². The van der Waals surface area contributed by atoms with E-state index in [1.807, 2.05) is 0 Å². The molecule has 2 saturated carbocycles. The van der Waals surface area contributed by atoms with E-state index in [0.29, 0.717) is 22.6 Å². The van der Waals surface area contributed by atoms with Crippen molar-refractivity contribution in [2.75, 3.05) is 0 Å². The van der Waals surface area contributed by atoms with Crippen LogP contribution in [0.5, 0.6) is 0 Å². The monoisotopic (exact) mass is 423 g/mol. The Morgan fingerprint density at radius 2 is 2.05 bits per heavy atom. The highest BCUT2D eigenvalue weighted by atomic mass is 127. The Hall–Kier alpha value is -0.560. The lowest BCUT2D eigenvalue weighted by molar-refractivity contribution is 0.608. The number of rotatable bonds is 3. The summed E-state index contributed by atoms with van der Waals surface area (Å²) in [6.07, 6.45) is 5.63. The predicted octanol–water partition coefficient (Wildman–Crippen LogP) is 3.80. The van der Waals surface area contributed by atoms with Crippen LogP contribution in [0, 0.1) is 5.82 Å². The van der Waals surface area contributed by atoms with Crippen LogP contribution in [0.1, 0.15) is 43.6 Å². The molecule has 0 aromatic heterocycles. The Kier molecular flexibility index (Phi) is 5.71. The summed E-state index contributed by atoms with van der Waals surface area (Å²) in [6.45, 7) is 0. The van der Waals surface area contributed by atoms with E-state index < -0.39 is 0 Å². The molecule has 6 heteroatoms. The lowest BCUT2D eigenvalue weighted by atomic mass is 10.1. The molecule has 2 atom stereocenters. The first-order valence-electron chi connectivity index (χ1n) is 7.19. The predicted molar refractivity (Wildman–Crippen MR) is 95.0 cm³/mol. The summed E-state index contributed by atoms with van der Waals surface area (Å²) in [5.74, 6) is 0.298. The number of hydrogen-bond acceptors (Lipinski definition) is 1. The molecule has 2 aliphatic rings. The summed E-state index contributed by atoms with van der Waals surface area (Å²) in [5, 5.41) is 3.73. The molecule has 1 aromatic rings. The van der Waals surface area contributed by atoms with Gasteiger partial charge in [0.05, 0.1) is 6.04 Å². The Balaban J connectivity index is 0.00000161. The standard InChI is InChI=1S/C15H19ClFN3.HI/c16-11-6-3-7-12(17)14(11)10-8-13(10)20-15(18)19-9-4-1-2-5-9;/h3,6-7,9-10,13H,1-2,4-5,8H2,(H3,18,19,20);1H/t10-,13-;/m1./s1. The van der Waals surface area contributed by atoms with Crippen LogP contribution in [0.15, 0.2) is 23.2 Å². The van der Waals surface area contributed by atoms with Crippen molar-refractivity contribution >= 4 is 41.5 Å². The molecule has 0 aliphatic heterocycles. The van der Waals surface area contributed by atoms with E-state index in [-0.39, 0.29) is 41.8 Å². The minimum atomic E-state index is -0.248. The van der Waals surface area contributed by atoms with Crippen molar-refractivity contribution in [1.29, 1.82) is 0 Å². The topological polar surface area (TPSA) is 50.4 Å². The third kappa shape index (κ3) is 4.00. The molecule has 0 unspecified atom stereocenters. The highest BCUT2D eigenvalue weighted by Gasteiger charge is 2.41. The average molecular weight is 424 g/mol. The van der Waals surface area contributed by atoms with E-state index >= 15 is 0 Å². The van der Waals surface area contributed by atoms with Crippen LogP contribution in [0.4, 0.5) is 4.39 Å². The van der Waals surface area contributed by atoms with E-state index in [4.69, 9.17) is 17.3 Å². The Morgan fingerprint density at radius 1 is 1.33 bits per heavy atom. The first-order valence-corrected chi connectivity index (χ1v) is 7.56. The van der Waals surface area contributed by atoms with E-state index in [9.17, 15) is 4.39 Å². The molecule has 3 rings (SSSR count). The minimum Gasteiger partial charge on any atom is -0.370 e. The molecular weight excluding hydrogens is 404 g/mol. The van der Waals surface area contributed by atoms with E-state index in [2.05, 4.69) is 10.3 Å². The fourth-order valence-corrected chi connectivity index (χ4v) is 3.30. The molecule has 3 nitrogen and oxygen atoms in total. The number of benzene rings is 1. The summed E-state index contributed by atoms with van der Waals surface area (Å²) >= 11 is 6.07. The molecule has 0 bridgehead atoms. The van der Waals surface area contributed by atoms with Gasteiger partial charge in [0, 0.05) is 22.5 Å². The van der Waals surface area contributed by atoms with Crippen LogP contribution >= 0.6 is 35.6 Å². The van der Waals surface area contributed by atoms with Crippen molar-refractivity contribution in [3.63, 3.8) is 0 Å². The first-order chi connectivity index (χ1) is 9.65. The van der Waals surface area contributed by atoms with Crippen molar-refractivity contribution in [3.05, 3.63) is 34.6 Å². The van der Waals surface area contributed by atoms with Crippen LogP contribution in [0.25, 0.3) is 0 Å². The molecule has 0 spiro atoms. The number of hydrogen-bond donors (Lipinski definition) is 2. The molecule has 2 fully saturated rings. The molecular formula is C15H20ClFIN3. The zero-order chi connectivity index (χ0) is 14.1. The third-order valence-electron chi connectivity index (χ3n) is 4.14. The quantitative estimate of drug-likeness (QED) is 0.441. The maximum absolute atomic E-state index is 13.8. The van der Waals surface area contributed by atoms with Crippen LogP contribution in [-0.4, -0.2) is 18.0 Å². The van der Waals surface area contributed by atoms with Crippen LogP contribution < -0.4 is 11.1 Å². The Morgan fingerprint density at radius 3 is 2.71 bits per heavy atom. The lowest BCUT2D eigenvalue weighted by Gasteiger charge is -2.12. The molecule has 21 heavy (non-hydrogen) atoms. The van der Waals surface area contributed by atoms with Gasteiger partial charge in [0.1, 0.15) is 5.82 Å². The summed E-state index contributed by atoms with van der Waals surface area (Å²) in [5.41, 5.74) is 6.50. The molecule has 3 N–H and O–H groups in total. The number of nitrogens with zero attached hydrogens (tertiary/aromatic N) is 1. The second kappa shape index (κ2) is 7.13. The van der Waals surface area contributed by atoms with E-state index in [0.717, 1.165) is 19.3 Å². The van der Waals surface area contributed by atoms with Gasteiger partial charge in [-0.1, -0.05) is 30.5 Å². The molecule has 0 saturated heterocycles. The molecule has 0 heterocycles. The van der Waals surface area contributed by atoms with Crippen molar-refractivity contribution in [1.82, 2.24) is 5.32 Å². The van der Waals surface area contributed by atoms with Gasteiger partial charge in [-0.15, -0.1) is 24.0 Å². The Bertz CT molecular complexity index is 511. The number of guanidine groups is 1. The van der Waals surface area contributed by atoms with Gasteiger partial charge in [-0.3, -0.25) is 0 Å². The zero-order valence-corrected chi connectivity index (χ0v) is 14.8. The van der Waals surface area contributed by atoms with Crippen LogP contribution in [-0.2, 0) is 0 Å². The zero-order valence-electron chi connectivity index (χ0n) is 11.7. The molecule has 2 aliphatic carbocycles. The SMILES string of the molecule is I.NC(=N[C@@H]1C[C@H]1c1c(F)cccc1Cl)NC1CCCC1. The second-order valence-electron chi connectivity index (χ2n) is 5.68. The maximum Gasteiger partial charge on any atom is 0.189 e. The molecule has 0 radical (unpaired) electrons. The fourth-order valence-electron chi connectivity index (χ4n) is 2.99. The van der Waals surface area contributed by atoms with Gasteiger partial charge in [-0.2, -0.15) is 0 Å². The van der Waals surface area contributed by atoms with Gasteiger partial charge >= 0.3 is 0 Å². The average Bonchev–Trinajstić information content (AvgIpc) is 2.93. The van der Waals surface area contributed by atoms with Crippen molar-refractivity contribution in [2.24, 2.45) is 10.7 Å². The van der Waals surface area contributed by atoms with Gasteiger partial charge in [0.2, 0.25) is 0 Å². The van der Waals surface area contributed by atoms with Gasteiger partial charge < -0.3 is 11.1 Å². The first kappa shape index (κ1) is 16.8.